The van der Waals surface area contributed by atoms with E-state index in [0.717, 1.165) is 24.3 Å². The van der Waals surface area contributed by atoms with Gasteiger partial charge in [-0.25, -0.2) is 13.1 Å². The number of hydrogen-bond donors (Lipinski definition) is 2. The lowest BCUT2D eigenvalue weighted by Gasteiger charge is -2.20. The molecule has 1 amide bonds. The summed E-state index contributed by atoms with van der Waals surface area (Å²) in [6.07, 6.45) is 3.36. The minimum Gasteiger partial charge on any atom is -0.371 e. The lowest BCUT2D eigenvalue weighted by molar-refractivity contribution is -0.116. The Morgan fingerprint density at radius 3 is 2.36 bits per heavy atom. The fraction of sp³-hybridized carbons (Fsp3) is 0.381. The first-order chi connectivity index (χ1) is 13.4. The second-order valence-corrected chi connectivity index (χ2v) is 8.98. The van der Waals surface area contributed by atoms with Gasteiger partial charge in [-0.1, -0.05) is 12.1 Å². The van der Waals surface area contributed by atoms with Crippen molar-refractivity contribution >= 4 is 27.3 Å². The summed E-state index contributed by atoms with van der Waals surface area (Å²) in [5, 5.41) is 2.95. The van der Waals surface area contributed by atoms with Gasteiger partial charge in [0.2, 0.25) is 15.9 Å². The fourth-order valence-electron chi connectivity index (χ4n) is 3.48. The molecule has 1 fully saturated rings. The largest absolute Gasteiger partial charge is 0.371 e. The van der Waals surface area contributed by atoms with Gasteiger partial charge >= 0.3 is 0 Å². The molecule has 0 saturated carbocycles. The third kappa shape index (κ3) is 4.91. The predicted octanol–water partition coefficient (Wildman–Crippen LogP) is 3.07. The monoisotopic (exact) mass is 401 g/mol. The average Bonchev–Trinajstić information content (AvgIpc) is 3.21. The zero-order chi connectivity index (χ0) is 20.1. The highest BCUT2D eigenvalue weighted by Gasteiger charge is 2.15. The molecule has 0 spiro atoms. The molecule has 0 aliphatic carbocycles. The van der Waals surface area contributed by atoms with E-state index in [9.17, 15) is 13.2 Å². The molecule has 150 valence electrons. The van der Waals surface area contributed by atoms with Crippen molar-refractivity contribution in [1.29, 1.82) is 0 Å². The van der Waals surface area contributed by atoms with Gasteiger partial charge in [0.05, 0.1) is 4.90 Å². The van der Waals surface area contributed by atoms with Gasteiger partial charge in [-0.15, -0.1) is 0 Å². The van der Waals surface area contributed by atoms with E-state index in [1.54, 1.807) is 24.3 Å². The number of aryl methyl sites for hydroxylation is 2. The lowest BCUT2D eigenvalue weighted by atomic mass is 10.1. The highest BCUT2D eigenvalue weighted by atomic mass is 32.2. The van der Waals surface area contributed by atoms with Crippen molar-refractivity contribution in [2.45, 2.75) is 37.5 Å². The molecule has 0 unspecified atom stereocenters. The molecule has 6 nitrogen and oxygen atoms in total. The molecule has 0 atom stereocenters. The summed E-state index contributed by atoms with van der Waals surface area (Å²) in [6, 6.07) is 12.6. The van der Waals surface area contributed by atoms with Crippen molar-refractivity contribution < 1.29 is 13.2 Å². The molecule has 0 aromatic heterocycles. The Balaban J connectivity index is 1.55. The van der Waals surface area contributed by atoms with Crippen LogP contribution in [0, 0.1) is 6.92 Å². The number of carbonyl (C=O) groups is 1. The van der Waals surface area contributed by atoms with Crippen LogP contribution in [0.15, 0.2) is 47.4 Å². The Morgan fingerprint density at radius 1 is 1.07 bits per heavy atom. The topological polar surface area (TPSA) is 78.5 Å². The molecule has 2 aromatic rings. The summed E-state index contributed by atoms with van der Waals surface area (Å²) in [6.45, 7) is 4.27. The molecule has 3 rings (SSSR count). The van der Waals surface area contributed by atoms with Gasteiger partial charge in [0, 0.05) is 30.9 Å². The van der Waals surface area contributed by atoms with Crippen molar-refractivity contribution in [3.8, 4) is 0 Å². The molecule has 7 heteroatoms. The Morgan fingerprint density at radius 2 is 1.75 bits per heavy atom. The summed E-state index contributed by atoms with van der Waals surface area (Å²) >= 11 is 0. The van der Waals surface area contributed by atoms with Gasteiger partial charge in [0.25, 0.3) is 0 Å². The number of sulfonamides is 1. The highest BCUT2D eigenvalue weighted by molar-refractivity contribution is 7.89. The van der Waals surface area contributed by atoms with E-state index in [2.05, 4.69) is 27.9 Å². The van der Waals surface area contributed by atoms with Crippen LogP contribution >= 0.6 is 0 Å². The number of carbonyl (C=O) groups excluding carboxylic acids is 1. The number of hydrogen-bond acceptors (Lipinski definition) is 4. The molecule has 2 N–H and O–H groups in total. The summed E-state index contributed by atoms with van der Waals surface area (Å²) in [5.41, 5.74) is 4.14. The zero-order valence-electron chi connectivity index (χ0n) is 16.4. The lowest BCUT2D eigenvalue weighted by Crippen LogP contribution is -2.19. The van der Waals surface area contributed by atoms with E-state index in [4.69, 9.17) is 0 Å². The second-order valence-electron chi connectivity index (χ2n) is 7.10. The van der Waals surface area contributed by atoms with Crippen LogP contribution in [0.25, 0.3) is 0 Å². The van der Waals surface area contributed by atoms with Crippen LogP contribution in [-0.2, 0) is 21.2 Å². The molecule has 0 radical (unpaired) electrons. The highest BCUT2D eigenvalue weighted by Crippen LogP contribution is 2.26. The number of nitrogens with zero attached hydrogens (tertiary/aromatic N) is 1. The molecular formula is C21H27N3O3S. The summed E-state index contributed by atoms with van der Waals surface area (Å²) in [4.78, 5) is 14.9. The average molecular weight is 402 g/mol. The maximum absolute atomic E-state index is 12.3. The van der Waals surface area contributed by atoms with E-state index in [0.29, 0.717) is 12.8 Å². The van der Waals surface area contributed by atoms with Crippen LogP contribution in [-0.4, -0.2) is 34.5 Å². The minimum absolute atomic E-state index is 0.0553. The van der Waals surface area contributed by atoms with Gasteiger partial charge in [0.15, 0.2) is 0 Å². The number of nitrogens with one attached hydrogen (secondary N) is 2. The first-order valence-corrected chi connectivity index (χ1v) is 11.1. The number of benzene rings is 2. The Bertz CT molecular complexity index is 934. The summed E-state index contributed by atoms with van der Waals surface area (Å²) < 4.78 is 25.8. The third-order valence-electron chi connectivity index (χ3n) is 5.07. The van der Waals surface area contributed by atoms with Crippen molar-refractivity contribution in [3.63, 3.8) is 0 Å². The molecule has 0 bridgehead atoms. The van der Waals surface area contributed by atoms with Crippen LogP contribution in [0.5, 0.6) is 0 Å². The van der Waals surface area contributed by atoms with Crippen molar-refractivity contribution in [2.24, 2.45) is 0 Å². The van der Waals surface area contributed by atoms with Gasteiger partial charge in [-0.05, 0) is 74.7 Å². The van der Waals surface area contributed by atoms with Gasteiger partial charge in [-0.2, -0.15) is 0 Å². The molecule has 2 aromatic carbocycles. The molecule has 28 heavy (non-hydrogen) atoms. The maximum atomic E-state index is 12.3. The van der Waals surface area contributed by atoms with Crippen LogP contribution in [0.4, 0.5) is 11.4 Å². The Kier molecular flexibility index (Phi) is 6.36. The van der Waals surface area contributed by atoms with E-state index in [1.165, 1.54) is 31.1 Å². The molecule has 1 aliphatic rings. The molecule has 1 saturated heterocycles. The first-order valence-electron chi connectivity index (χ1n) is 9.57. The normalized spacial score (nSPS) is 14.3. The third-order valence-corrected chi connectivity index (χ3v) is 6.50. The van der Waals surface area contributed by atoms with Gasteiger partial charge < -0.3 is 10.2 Å². The van der Waals surface area contributed by atoms with Crippen molar-refractivity contribution in [1.82, 2.24) is 4.72 Å². The summed E-state index contributed by atoms with van der Waals surface area (Å²) in [5.74, 6) is -0.0553. The Hall–Kier alpha value is -2.38. The minimum atomic E-state index is -3.43. The second kappa shape index (κ2) is 8.75. The van der Waals surface area contributed by atoms with Gasteiger partial charge in [-0.3, -0.25) is 4.79 Å². The van der Waals surface area contributed by atoms with E-state index in [1.807, 2.05) is 12.1 Å². The van der Waals surface area contributed by atoms with Crippen molar-refractivity contribution in [2.75, 3.05) is 30.4 Å². The van der Waals surface area contributed by atoms with Crippen LogP contribution in [0.1, 0.15) is 30.4 Å². The van der Waals surface area contributed by atoms with Crippen LogP contribution in [0.2, 0.25) is 0 Å². The predicted molar refractivity (Wildman–Crippen MR) is 112 cm³/mol. The van der Waals surface area contributed by atoms with Crippen LogP contribution < -0.4 is 14.9 Å². The van der Waals surface area contributed by atoms with E-state index >= 15 is 0 Å². The van der Waals surface area contributed by atoms with Crippen LogP contribution in [0.3, 0.4) is 0 Å². The fourth-order valence-corrected chi connectivity index (χ4v) is 4.21. The quantitative estimate of drug-likeness (QED) is 0.747. The standard InChI is InChI=1S/C21H27N3O3S/c1-16-15-18(8-11-20(16)24-13-3-4-14-24)23-21(25)12-7-17-5-9-19(10-6-17)28(26,27)22-2/h5-6,8-11,15,22H,3-4,7,12-14H2,1-2H3,(H,23,25). The maximum Gasteiger partial charge on any atom is 0.240 e. The van der Waals surface area contributed by atoms with E-state index < -0.39 is 10.0 Å². The number of anilines is 2. The SMILES string of the molecule is CNS(=O)(=O)c1ccc(CCC(=O)Nc2ccc(N3CCCC3)c(C)c2)cc1. The molecular weight excluding hydrogens is 374 g/mol. The zero-order valence-corrected chi connectivity index (χ0v) is 17.2. The number of rotatable bonds is 7. The van der Waals surface area contributed by atoms with Gasteiger partial charge in [0.1, 0.15) is 0 Å². The molecule has 1 aliphatic heterocycles. The molecule has 1 heterocycles. The summed E-state index contributed by atoms with van der Waals surface area (Å²) in [7, 11) is -2.05. The Labute approximate surface area is 167 Å². The van der Waals surface area contributed by atoms with Crippen molar-refractivity contribution in [3.05, 3.63) is 53.6 Å². The van der Waals surface area contributed by atoms with E-state index in [-0.39, 0.29) is 10.8 Å². The smallest absolute Gasteiger partial charge is 0.240 e. The number of amides is 1. The first kappa shape index (κ1) is 20.4.